The molecule has 6 heteroatoms. The maximum atomic E-state index is 13.0. The molecule has 0 aliphatic carbocycles. The van der Waals surface area contributed by atoms with Gasteiger partial charge in [-0.15, -0.1) is 0 Å². The van der Waals surface area contributed by atoms with Crippen molar-refractivity contribution in [2.75, 3.05) is 0 Å². The van der Waals surface area contributed by atoms with Crippen LogP contribution in [0.15, 0.2) is 24.3 Å². The van der Waals surface area contributed by atoms with E-state index in [2.05, 4.69) is 0 Å². The summed E-state index contributed by atoms with van der Waals surface area (Å²) in [4.78, 5) is 10.0. The van der Waals surface area contributed by atoms with E-state index < -0.39 is 23.5 Å². The molecular weight excluding hydrogens is 228 g/mol. The van der Waals surface area contributed by atoms with E-state index in [1.807, 2.05) is 0 Å². The van der Waals surface area contributed by atoms with Crippen LogP contribution in [0, 0.1) is 5.82 Å². The van der Waals surface area contributed by atoms with E-state index >= 15 is 0 Å². The average Bonchev–Trinajstić information content (AvgIpc) is 2.12. The lowest BCUT2D eigenvalue weighted by molar-refractivity contribution is -0.297. The molecule has 0 radical (unpaired) electrons. The van der Waals surface area contributed by atoms with Crippen LogP contribution in [0.5, 0.6) is 0 Å². The summed E-state index contributed by atoms with van der Waals surface area (Å²) in [6.07, 6.45) is -3.22. The number of carboxylic acid groups (broad SMARTS) is 1. The van der Waals surface area contributed by atoms with Crippen LogP contribution < -0.4 is 5.11 Å². The number of halogens is 4. The lowest BCUT2D eigenvalue weighted by Gasteiger charge is -2.07. The fourth-order valence-electron chi connectivity index (χ4n) is 1.03. The molecule has 0 heterocycles. The average molecular weight is 233 g/mol. The van der Waals surface area contributed by atoms with E-state index in [0.717, 1.165) is 12.1 Å². The first-order valence-corrected chi connectivity index (χ1v) is 4.06. The molecule has 0 aliphatic heterocycles. The van der Waals surface area contributed by atoms with Crippen molar-refractivity contribution in [1.82, 2.24) is 0 Å². The Morgan fingerprint density at radius 1 is 1.31 bits per heavy atom. The minimum Gasteiger partial charge on any atom is -0.545 e. The summed E-state index contributed by atoms with van der Waals surface area (Å²) >= 11 is 0. The largest absolute Gasteiger partial charge is 0.545 e. The molecule has 0 atom stereocenters. The Hall–Kier alpha value is -1.85. The zero-order valence-corrected chi connectivity index (χ0v) is 7.72. The zero-order valence-electron chi connectivity index (χ0n) is 7.72. The maximum absolute atomic E-state index is 13.0. The van der Waals surface area contributed by atoms with E-state index in [1.54, 1.807) is 0 Å². The Bertz CT molecular complexity index is 435. The number of carbonyl (C=O) groups excluding carboxylic acids is 1. The van der Waals surface area contributed by atoms with Crippen LogP contribution in [0.2, 0.25) is 0 Å². The molecule has 0 saturated heterocycles. The number of hydrogen-bond acceptors (Lipinski definition) is 2. The molecule has 1 aromatic rings. The molecule has 1 rings (SSSR count). The second-order valence-electron chi connectivity index (χ2n) is 2.89. The van der Waals surface area contributed by atoms with Gasteiger partial charge in [-0.25, -0.2) is 4.39 Å². The SMILES string of the molecule is O=C([O-])/C=C/c1ccc(C(F)(F)F)c(F)c1. The third-order valence-corrected chi connectivity index (χ3v) is 1.71. The third kappa shape index (κ3) is 3.08. The van der Waals surface area contributed by atoms with Crippen LogP contribution in [-0.4, -0.2) is 5.97 Å². The van der Waals surface area contributed by atoms with Gasteiger partial charge >= 0.3 is 6.18 Å². The van der Waals surface area contributed by atoms with Gasteiger partial charge in [0.1, 0.15) is 5.82 Å². The highest BCUT2D eigenvalue weighted by molar-refractivity contribution is 5.83. The third-order valence-electron chi connectivity index (χ3n) is 1.71. The van der Waals surface area contributed by atoms with Gasteiger partial charge < -0.3 is 9.90 Å². The maximum Gasteiger partial charge on any atom is 0.419 e. The number of benzene rings is 1. The van der Waals surface area contributed by atoms with Crippen LogP contribution in [-0.2, 0) is 11.0 Å². The first-order chi connectivity index (χ1) is 7.30. The molecule has 0 unspecified atom stereocenters. The van der Waals surface area contributed by atoms with Crippen molar-refractivity contribution in [3.8, 4) is 0 Å². The van der Waals surface area contributed by atoms with Crippen molar-refractivity contribution in [1.29, 1.82) is 0 Å². The summed E-state index contributed by atoms with van der Waals surface area (Å²) in [6, 6.07) is 2.11. The van der Waals surface area contributed by atoms with Crippen molar-refractivity contribution in [2.24, 2.45) is 0 Å². The van der Waals surface area contributed by atoms with Gasteiger partial charge in [-0.2, -0.15) is 13.2 Å². The smallest absolute Gasteiger partial charge is 0.419 e. The summed E-state index contributed by atoms with van der Waals surface area (Å²) in [5.41, 5.74) is -1.38. The fraction of sp³-hybridized carbons (Fsp3) is 0.100. The predicted molar refractivity (Wildman–Crippen MR) is 45.4 cm³/mol. The Balaban J connectivity index is 3.05. The molecule has 0 spiro atoms. The molecule has 0 bridgehead atoms. The van der Waals surface area contributed by atoms with Gasteiger partial charge in [-0.1, -0.05) is 12.1 Å². The lowest BCUT2D eigenvalue weighted by Crippen LogP contribution is -2.18. The number of aliphatic carboxylic acids is 1. The lowest BCUT2D eigenvalue weighted by atomic mass is 10.1. The molecule has 0 fully saturated rings. The molecule has 0 aliphatic rings. The van der Waals surface area contributed by atoms with Crippen molar-refractivity contribution in [2.45, 2.75) is 6.18 Å². The quantitative estimate of drug-likeness (QED) is 0.575. The van der Waals surface area contributed by atoms with Crippen LogP contribution in [0.25, 0.3) is 6.08 Å². The Labute approximate surface area is 87.8 Å². The number of carbonyl (C=O) groups is 1. The standard InChI is InChI=1S/C10H6F4O2/c11-8-5-6(2-4-9(15)16)1-3-7(8)10(12,13)14/h1-5H,(H,15,16)/p-1/b4-2+. The van der Waals surface area contributed by atoms with Crippen molar-refractivity contribution in [3.05, 3.63) is 41.2 Å². The van der Waals surface area contributed by atoms with Gasteiger partial charge in [0.2, 0.25) is 0 Å². The normalized spacial score (nSPS) is 12.0. The van der Waals surface area contributed by atoms with Crippen LogP contribution in [0.3, 0.4) is 0 Å². The Kier molecular flexibility index (Phi) is 3.31. The number of rotatable bonds is 2. The van der Waals surface area contributed by atoms with E-state index in [0.29, 0.717) is 18.2 Å². The molecule has 0 saturated carbocycles. The number of carboxylic acids is 1. The molecule has 0 aromatic heterocycles. The predicted octanol–water partition coefficient (Wildman–Crippen LogP) is 1.61. The topological polar surface area (TPSA) is 40.1 Å². The van der Waals surface area contributed by atoms with E-state index in [-0.39, 0.29) is 5.56 Å². The highest BCUT2D eigenvalue weighted by Crippen LogP contribution is 2.31. The van der Waals surface area contributed by atoms with Crippen molar-refractivity contribution >= 4 is 12.0 Å². The second-order valence-corrected chi connectivity index (χ2v) is 2.89. The second kappa shape index (κ2) is 4.34. The van der Waals surface area contributed by atoms with Crippen LogP contribution >= 0.6 is 0 Å². The molecule has 1 aromatic carbocycles. The fourth-order valence-corrected chi connectivity index (χ4v) is 1.03. The molecule has 0 N–H and O–H groups in total. The Morgan fingerprint density at radius 2 is 1.94 bits per heavy atom. The molecule has 86 valence electrons. The van der Waals surface area contributed by atoms with Gasteiger partial charge in [-0.05, 0) is 23.8 Å². The molecule has 16 heavy (non-hydrogen) atoms. The number of hydrogen-bond donors (Lipinski definition) is 0. The van der Waals surface area contributed by atoms with Crippen LogP contribution in [0.1, 0.15) is 11.1 Å². The monoisotopic (exact) mass is 233 g/mol. The van der Waals surface area contributed by atoms with Gasteiger partial charge in [0.15, 0.2) is 0 Å². The first-order valence-electron chi connectivity index (χ1n) is 4.06. The summed E-state index contributed by atoms with van der Waals surface area (Å²) in [5.74, 6) is -2.96. The van der Waals surface area contributed by atoms with Gasteiger partial charge in [0, 0.05) is 0 Å². The van der Waals surface area contributed by atoms with E-state index in [9.17, 15) is 27.5 Å². The first kappa shape index (κ1) is 12.2. The number of alkyl halides is 3. The van der Waals surface area contributed by atoms with Crippen molar-refractivity contribution < 1.29 is 27.5 Å². The van der Waals surface area contributed by atoms with Gasteiger partial charge in [-0.3, -0.25) is 0 Å². The van der Waals surface area contributed by atoms with Crippen LogP contribution in [0.4, 0.5) is 17.6 Å². The van der Waals surface area contributed by atoms with E-state index in [4.69, 9.17) is 0 Å². The molecule has 2 nitrogen and oxygen atoms in total. The van der Waals surface area contributed by atoms with E-state index in [1.165, 1.54) is 0 Å². The van der Waals surface area contributed by atoms with Gasteiger partial charge in [0.05, 0.1) is 11.5 Å². The highest BCUT2D eigenvalue weighted by Gasteiger charge is 2.33. The summed E-state index contributed by atoms with van der Waals surface area (Å²) < 4.78 is 49.4. The Morgan fingerprint density at radius 3 is 2.38 bits per heavy atom. The zero-order chi connectivity index (χ0) is 12.3. The molecule has 0 amide bonds. The molecular formula is C10H5F4O2-. The summed E-state index contributed by atoms with van der Waals surface area (Å²) in [5, 5.41) is 10.0. The minimum absolute atomic E-state index is 0.00898. The van der Waals surface area contributed by atoms with Crippen molar-refractivity contribution in [3.63, 3.8) is 0 Å². The highest BCUT2D eigenvalue weighted by atomic mass is 19.4. The summed E-state index contributed by atoms with van der Waals surface area (Å²) in [7, 11) is 0. The summed E-state index contributed by atoms with van der Waals surface area (Å²) in [6.45, 7) is 0. The van der Waals surface area contributed by atoms with Gasteiger partial charge in [0.25, 0.3) is 0 Å². The minimum atomic E-state index is -4.76.